The number of nitrogens with one attached hydrogen (secondary N) is 1. The zero-order chi connectivity index (χ0) is 18.2. The van der Waals surface area contributed by atoms with Crippen molar-refractivity contribution in [1.82, 2.24) is 9.62 Å². The maximum atomic E-state index is 13.4. The van der Waals surface area contributed by atoms with Crippen LogP contribution >= 0.6 is 11.6 Å². The lowest BCUT2D eigenvalue weighted by atomic mass is 9.88. The van der Waals surface area contributed by atoms with Crippen LogP contribution in [0.15, 0.2) is 17.0 Å². The summed E-state index contributed by atoms with van der Waals surface area (Å²) in [6.45, 7) is 0.871. The molecule has 1 amide bonds. The third-order valence-electron chi connectivity index (χ3n) is 4.91. The lowest BCUT2D eigenvalue weighted by Crippen LogP contribution is -2.60. The average molecular weight is 389 g/mol. The van der Waals surface area contributed by atoms with Gasteiger partial charge in [-0.2, -0.15) is 4.31 Å². The van der Waals surface area contributed by atoms with Crippen molar-refractivity contribution in [2.45, 2.75) is 36.1 Å². The number of hydrogen-bond donors (Lipinski definition) is 1. The third-order valence-corrected chi connectivity index (χ3v) is 7.19. The normalized spacial score (nSPS) is 24.4. The summed E-state index contributed by atoms with van der Waals surface area (Å²) in [6.07, 6.45) is 2.43. The van der Waals surface area contributed by atoms with Crippen LogP contribution in [-0.2, 0) is 14.8 Å². The highest BCUT2D eigenvalue weighted by Crippen LogP contribution is 2.43. The van der Waals surface area contributed by atoms with Crippen LogP contribution in [0.2, 0.25) is 5.02 Å². The maximum Gasteiger partial charge on any atom is 0.247 e. The minimum atomic E-state index is -3.96. The minimum Gasteiger partial charge on any atom is -0.495 e. The fraction of sp³-hybridized carbons (Fsp3) is 0.562. The van der Waals surface area contributed by atoms with Gasteiger partial charge in [-0.3, -0.25) is 4.79 Å². The molecule has 3 rings (SSSR count). The van der Waals surface area contributed by atoms with E-state index in [9.17, 15) is 13.2 Å². The van der Waals surface area contributed by atoms with Crippen LogP contribution in [0.5, 0.6) is 11.5 Å². The van der Waals surface area contributed by atoms with E-state index >= 15 is 0 Å². The fourth-order valence-corrected chi connectivity index (χ4v) is 5.91. The van der Waals surface area contributed by atoms with Crippen LogP contribution < -0.4 is 14.8 Å². The summed E-state index contributed by atoms with van der Waals surface area (Å²) in [4.78, 5) is 12.5. The van der Waals surface area contributed by atoms with E-state index in [1.54, 1.807) is 0 Å². The van der Waals surface area contributed by atoms with Gasteiger partial charge in [-0.25, -0.2) is 8.42 Å². The number of ether oxygens (including phenoxy) is 2. The van der Waals surface area contributed by atoms with Gasteiger partial charge in [0.1, 0.15) is 21.9 Å². The molecule has 1 atom stereocenters. The number of halogens is 1. The fourth-order valence-electron chi connectivity index (χ4n) is 3.69. The van der Waals surface area contributed by atoms with E-state index < -0.39 is 15.6 Å². The second kappa shape index (κ2) is 6.66. The van der Waals surface area contributed by atoms with Gasteiger partial charge in [0.05, 0.1) is 19.2 Å². The zero-order valence-corrected chi connectivity index (χ0v) is 15.7. The number of amides is 1. The Hall–Kier alpha value is -1.51. The molecule has 1 spiro atoms. The van der Waals surface area contributed by atoms with Crippen LogP contribution in [0.25, 0.3) is 0 Å². The summed E-state index contributed by atoms with van der Waals surface area (Å²) in [7, 11) is -1.17. The topological polar surface area (TPSA) is 84.9 Å². The highest BCUT2D eigenvalue weighted by molar-refractivity contribution is 7.89. The quantitative estimate of drug-likeness (QED) is 0.850. The molecule has 1 aromatic carbocycles. The molecule has 2 aliphatic heterocycles. The third kappa shape index (κ3) is 2.86. The minimum absolute atomic E-state index is 0.0455. The predicted octanol–water partition coefficient (Wildman–Crippen LogP) is 1.79. The van der Waals surface area contributed by atoms with Crippen molar-refractivity contribution in [2.75, 3.05) is 27.3 Å². The Morgan fingerprint density at radius 3 is 2.48 bits per heavy atom. The molecule has 9 heteroatoms. The van der Waals surface area contributed by atoms with Gasteiger partial charge in [-0.05, 0) is 25.7 Å². The van der Waals surface area contributed by atoms with E-state index in [4.69, 9.17) is 21.1 Å². The Morgan fingerprint density at radius 2 is 1.84 bits per heavy atom. The van der Waals surface area contributed by atoms with E-state index in [2.05, 4.69) is 5.32 Å². The molecular formula is C16H21ClN2O5S. The Labute approximate surface area is 152 Å². The molecule has 2 heterocycles. The van der Waals surface area contributed by atoms with Gasteiger partial charge in [-0.1, -0.05) is 11.6 Å². The number of hydrogen-bond acceptors (Lipinski definition) is 5. The lowest BCUT2D eigenvalue weighted by Gasteiger charge is -2.39. The van der Waals surface area contributed by atoms with Crippen LogP contribution in [-0.4, -0.2) is 51.5 Å². The Kier molecular flexibility index (Phi) is 4.87. The second-order valence-electron chi connectivity index (χ2n) is 6.21. The molecule has 25 heavy (non-hydrogen) atoms. The van der Waals surface area contributed by atoms with Crippen LogP contribution in [0.3, 0.4) is 0 Å². The van der Waals surface area contributed by atoms with E-state index in [-0.39, 0.29) is 27.3 Å². The van der Waals surface area contributed by atoms with Crippen molar-refractivity contribution >= 4 is 27.5 Å². The predicted molar refractivity (Wildman–Crippen MR) is 92.7 cm³/mol. The summed E-state index contributed by atoms with van der Waals surface area (Å²) in [5.74, 6) is 0.145. The molecule has 0 aromatic heterocycles. The molecule has 2 saturated heterocycles. The van der Waals surface area contributed by atoms with Gasteiger partial charge >= 0.3 is 0 Å². The number of rotatable bonds is 4. The summed E-state index contributed by atoms with van der Waals surface area (Å²) in [6, 6.07) is 2.76. The maximum absolute atomic E-state index is 13.4. The molecule has 0 bridgehead atoms. The SMILES string of the molecule is COc1cc(S(=O)(=O)N2CCCC23CCCNC3=O)c(OC)cc1Cl. The van der Waals surface area contributed by atoms with Gasteiger partial charge in [0, 0.05) is 25.2 Å². The Bertz CT molecular complexity index is 798. The van der Waals surface area contributed by atoms with Gasteiger partial charge in [0.15, 0.2) is 0 Å². The molecule has 0 aliphatic carbocycles. The van der Waals surface area contributed by atoms with Crippen LogP contribution in [0.1, 0.15) is 25.7 Å². The molecule has 2 fully saturated rings. The number of methoxy groups -OCH3 is 2. The van der Waals surface area contributed by atoms with E-state index in [1.165, 1.54) is 30.7 Å². The van der Waals surface area contributed by atoms with Crippen molar-refractivity contribution < 1.29 is 22.7 Å². The van der Waals surface area contributed by atoms with Gasteiger partial charge < -0.3 is 14.8 Å². The molecular weight excluding hydrogens is 368 g/mol. The number of benzene rings is 1. The summed E-state index contributed by atoms with van der Waals surface area (Å²) < 4.78 is 38.5. The summed E-state index contributed by atoms with van der Waals surface area (Å²) >= 11 is 6.08. The van der Waals surface area contributed by atoms with Crippen LogP contribution in [0, 0.1) is 0 Å². The highest BCUT2D eigenvalue weighted by Gasteiger charge is 2.54. The number of sulfonamides is 1. The number of carbonyl (C=O) groups excluding carboxylic acids is 1. The number of nitrogens with zero attached hydrogens (tertiary/aromatic N) is 1. The molecule has 2 aliphatic rings. The monoisotopic (exact) mass is 388 g/mol. The largest absolute Gasteiger partial charge is 0.495 e. The number of piperidine rings is 1. The first-order valence-corrected chi connectivity index (χ1v) is 9.91. The Morgan fingerprint density at radius 1 is 1.16 bits per heavy atom. The van der Waals surface area contributed by atoms with Gasteiger partial charge in [0.2, 0.25) is 15.9 Å². The summed E-state index contributed by atoms with van der Waals surface area (Å²) in [5.41, 5.74) is -1.02. The first-order valence-electron chi connectivity index (χ1n) is 8.09. The molecule has 138 valence electrons. The molecule has 0 saturated carbocycles. The van der Waals surface area contributed by atoms with E-state index in [1.807, 2.05) is 0 Å². The Balaban J connectivity index is 2.11. The molecule has 1 unspecified atom stereocenters. The van der Waals surface area contributed by atoms with Crippen molar-refractivity contribution in [3.63, 3.8) is 0 Å². The van der Waals surface area contributed by atoms with Crippen molar-refractivity contribution in [3.05, 3.63) is 17.2 Å². The van der Waals surface area contributed by atoms with Crippen LogP contribution in [0.4, 0.5) is 0 Å². The van der Waals surface area contributed by atoms with Gasteiger partial charge in [-0.15, -0.1) is 0 Å². The number of carbonyl (C=O) groups is 1. The average Bonchev–Trinajstić information content (AvgIpc) is 3.02. The smallest absolute Gasteiger partial charge is 0.247 e. The van der Waals surface area contributed by atoms with Gasteiger partial charge in [0.25, 0.3) is 0 Å². The summed E-state index contributed by atoms with van der Waals surface area (Å²) in [5, 5.41) is 3.06. The van der Waals surface area contributed by atoms with Crippen molar-refractivity contribution in [3.8, 4) is 11.5 Å². The standard InChI is InChI=1S/C16H21ClN2O5S/c1-23-12-10-14(13(24-2)9-11(12)17)25(21,22)19-8-4-6-16(19)5-3-7-18-15(16)20/h9-10H,3-8H2,1-2H3,(H,18,20). The zero-order valence-electron chi connectivity index (χ0n) is 14.2. The lowest BCUT2D eigenvalue weighted by molar-refractivity contribution is -0.131. The van der Waals surface area contributed by atoms with Crippen molar-refractivity contribution in [2.24, 2.45) is 0 Å². The first kappa shape index (κ1) is 18.3. The molecule has 7 nitrogen and oxygen atoms in total. The molecule has 0 radical (unpaired) electrons. The molecule has 1 aromatic rings. The molecule has 1 N–H and O–H groups in total. The van der Waals surface area contributed by atoms with E-state index in [0.717, 1.165) is 6.42 Å². The highest BCUT2D eigenvalue weighted by atomic mass is 35.5. The van der Waals surface area contributed by atoms with Crippen molar-refractivity contribution in [1.29, 1.82) is 0 Å². The first-order chi connectivity index (χ1) is 11.9. The second-order valence-corrected chi connectivity index (χ2v) is 8.45. The van der Waals surface area contributed by atoms with E-state index in [0.29, 0.717) is 32.4 Å².